The summed E-state index contributed by atoms with van der Waals surface area (Å²) in [6.45, 7) is 5.11. The van der Waals surface area contributed by atoms with Crippen molar-refractivity contribution in [2.24, 2.45) is 0 Å². The summed E-state index contributed by atoms with van der Waals surface area (Å²) in [5.41, 5.74) is 1.82. The van der Waals surface area contributed by atoms with Crippen molar-refractivity contribution in [3.8, 4) is 0 Å². The molecule has 0 spiro atoms. The van der Waals surface area contributed by atoms with Crippen LogP contribution in [0.25, 0.3) is 0 Å². The number of carbonyl (C=O) groups excluding carboxylic acids is 2. The Morgan fingerprint density at radius 1 is 0.852 bits per heavy atom. The van der Waals surface area contributed by atoms with Crippen LogP contribution in [0.4, 0.5) is 0 Å². The first-order valence-electron chi connectivity index (χ1n) is 10.7. The number of benzene rings is 1. The Labute approximate surface area is 165 Å². The van der Waals surface area contributed by atoms with E-state index in [4.69, 9.17) is 4.74 Å². The molecule has 0 aliphatic rings. The van der Waals surface area contributed by atoms with Crippen LogP contribution < -0.4 is 5.32 Å². The maximum absolute atomic E-state index is 12.0. The molecule has 0 saturated carbocycles. The Balaban J connectivity index is 1.98. The molecule has 4 nitrogen and oxygen atoms in total. The summed E-state index contributed by atoms with van der Waals surface area (Å²) in [6, 6.07) is 7.54. The first-order valence-corrected chi connectivity index (χ1v) is 10.7. The fourth-order valence-corrected chi connectivity index (χ4v) is 2.94. The standard InChI is InChI=1S/C23H37NO3/c1-3-5-6-7-8-9-10-11-12-19-27-22(25)17-18-24-23(26)21-15-13-20(4-2)14-16-21/h13-16H,3-12,17-19H2,1-2H3,(H,24,26). The second-order valence-electron chi connectivity index (χ2n) is 7.11. The Kier molecular flexibility index (Phi) is 13.1. The van der Waals surface area contributed by atoms with Gasteiger partial charge in [-0.2, -0.15) is 0 Å². The van der Waals surface area contributed by atoms with Crippen LogP contribution >= 0.6 is 0 Å². The van der Waals surface area contributed by atoms with Crippen LogP contribution in [-0.2, 0) is 16.0 Å². The van der Waals surface area contributed by atoms with Crippen LogP contribution in [0.3, 0.4) is 0 Å². The number of unbranched alkanes of at least 4 members (excludes halogenated alkanes) is 8. The second kappa shape index (κ2) is 15.2. The summed E-state index contributed by atoms with van der Waals surface area (Å²) in [4.78, 5) is 23.7. The maximum Gasteiger partial charge on any atom is 0.307 e. The van der Waals surface area contributed by atoms with Gasteiger partial charge in [-0.15, -0.1) is 0 Å². The number of carbonyl (C=O) groups is 2. The van der Waals surface area contributed by atoms with Crippen molar-refractivity contribution in [3.63, 3.8) is 0 Å². The monoisotopic (exact) mass is 375 g/mol. The fraction of sp³-hybridized carbons (Fsp3) is 0.652. The van der Waals surface area contributed by atoms with Crippen LogP contribution in [-0.4, -0.2) is 25.0 Å². The normalized spacial score (nSPS) is 10.6. The number of aryl methyl sites for hydroxylation is 1. The second-order valence-corrected chi connectivity index (χ2v) is 7.11. The third-order valence-electron chi connectivity index (χ3n) is 4.75. The number of esters is 1. The molecule has 1 aromatic carbocycles. The zero-order valence-corrected chi connectivity index (χ0v) is 17.2. The van der Waals surface area contributed by atoms with Gasteiger partial charge in [-0.1, -0.05) is 77.3 Å². The lowest BCUT2D eigenvalue weighted by Gasteiger charge is -2.07. The zero-order valence-electron chi connectivity index (χ0n) is 17.2. The number of hydrogen-bond donors (Lipinski definition) is 1. The highest BCUT2D eigenvalue weighted by Gasteiger charge is 2.07. The van der Waals surface area contributed by atoms with Crippen molar-refractivity contribution in [1.82, 2.24) is 5.32 Å². The summed E-state index contributed by atoms with van der Waals surface area (Å²) in [5.74, 6) is -0.388. The van der Waals surface area contributed by atoms with Gasteiger partial charge in [-0.05, 0) is 30.5 Å². The smallest absolute Gasteiger partial charge is 0.307 e. The first kappa shape index (κ1) is 23.2. The molecule has 0 radical (unpaired) electrons. The molecule has 1 amide bonds. The highest BCUT2D eigenvalue weighted by molar-refractivity contribution is 5.94. The van der Waals surface area contributed by atoms with Gasteiger partial charge in [0.2, 0.25) is 0 Å². The third kappa shape index (κ3) is 11.5. The number of nitrogens with one attached hydrogen (secondary N) is 1. The Morgan fingerprint density at radius 2 is 1.44 bits per heavy atom. The summed E-state index contributed by atoms with van der Waals surface area (Å²) in [7, 11) is 0. The van der Waals surface area contributed by atoms with E-state index in [1.165, 1.54) is 50.5 Å². The van der Waals surface area contributed by atoms with Crippen molar-refractivity contribution < 1.29 is 14.3 Å². The molecule has 0 unspecified atom stereocenters. The molecular weight excluding hydrogens is 338 g/mol. The first-order chi connectivity index (χ1) is 13.2. The van der Waals surface area contributed by atoms with Gasteiger partial charge >= 0.3 is 5.97 Å². The molecule has 0 bridgehead atoms. The van der Waals surface area contributed by atoms with E-state index >= 15 is 0 Å². The zero-order chi connectivity index (χ0) is 19.7. The number of rotatable bonds is 15. The molecule has 1 aromatic rings. The van der Waals surface area contributed by atoms with E-state index in [1.807, 2.05) is 24.3 Å². The minimum atomic E-state index is -0.240. The van der Waals surface area contributed by atoms with Gasteiger partial charge in [0.15, 0.2) is 0 Å². The van der Waals surface area contributed by atoms with Crippen molar-refractivity contribution in [2.75, 3.05) is 13.2 Å². The highest BCUT2D eigenvalue weighted by atomic mass is 16.5. The molecule has 0 atom stereocenters. The van der Waals surface area contributed by atoms with Gasteiger partial charge in [0.05, 0.1) is 13.0 Å². The Bertz CT molecular complexity index is 525. The van der Waals surface area contributed by atoms with Gasteiger partial charge in [0, 0.05) is 12.1 Å². The van der Waals surface area contributed by atoms with E-state index in [1.54, 1.807) is 0 Å². The molecule has 0 aromatic heterocycles. The summed E-state index contributed by atoms with van der Waals surface area (Å²) < 4.78 is 5.23. The van der Waals surface area contributed by atoms with E-state index in [-0.39, 0.29) is 18.3 Å². The molecular formula is C23H37NO3. The molecule has 1 N–H and O–H groups in total. The van der Waals surface area contributed by atoms with Crippen molar-refractivity contribution in [2.45, 2.75) is 84.5 Å². The van der Waals surface area contributed by atoms with Crippen molar-refractivity contribution >= 4 is 11.9 Å². The quantitative estimate of drug-likeness (QED) is 0.328. The lowest BCUT2D eigenvalue weighted by molar-refractivity contribution is -0.143. The minimum absolute atomic E-state index is 0.149. The predicted molar refractivity (Wildman–Crippen MR) is 111 cm³/mol. The van der Waals surface area contributed by atoms with Crippen LogP contribution in [0, 0.1) is 0 Å². The Morgan fingerprint density at radius 3 is 2.04 bits per heavy atom. The molecule has 1 rings (SSSR count). The fourth-order valence-electron chi connectivity index (χ4n) is 2.94. The SMILES string of the molecule is CCCCCCCCCCCOC(=O)CCNC(=O)c1ccc(CC)cc1. The van der Waals surface area contributed by atoms with E-state index < -0.39 is 0 Å². The van der Waals surface area contributed by atoms with Crippen molar-refractivity contribution in [3.05, 3.63) is 35.4 Å². The van der Waals surface area contributed by atoms with E-state index in [0.717, 1.165) is 19.3 Å². The maximum atomic E-state index is 12.0. The van der Waals surface area contributed by atoms with Crippen LogP contribution in [0.1, 0.15) is 94.0 Å². The summed E-state index contributed by atoms with van der Waals surface area (Å²) in [5, 5.41) is 2.77. The number of ether oxygens (including phenoxy) is 1. The average molecular weight is 376 g/mol. The van der Waals surface area contributed by atoms with Gasteiger partial charge in [0.25, 0.3) is 5.91 Å². The topological polar surface area (TPSA) is 55.4 Å². The van der Waals surface area contributed by atoms with Crippen molar-refractivity contribution in [1.29, 1.82) is 0 Å². The lowest BCUT2D eigenvalue weighted by Crippen LogP contribution is -2.26. The van der Waals surface area contributed by atoms with Crippen LogP contribution in [0.5, 0.6) is 0 Å². The van der Waals surface area contributed by atoms with Crippen LogP contribution in [0.15, 0.2) is 24.3 Å². The molecule has 0 saturated heterocycles. The van der Waals surface area contributed by atoms with Gasteiger partial charge < -0.3 is 10.1 Å². The van der Waals surface area contributed by atoms with Crippen LogP contribution in [0.2, 0.25) is 0 Å². The Hall–Kier alpha value is -1.84. The molecule has 0 fully saturated rings. The van der Waals surface area contributed by atoms with Gasteiger partial charge in [-0.3, -0.25) is 9.59 Å². The largest absolute Gasteiger partial charge is 0.466 e. The minimum Gasteiger partial charge on any atom is -0.466 e. The molecule has 0 aliphatic heterocycles. The molecule has 0 heterocycles. The molecule has 27 heavy (non-hydrogen) atoms. The average Bonchev–Trinajstić information content (AvgIpc) is 2.69. The molecule has 4 heteroatoms. The van der Waals surface area contributed by atoms with E-state index in [0.29, 0.717) is 18.7 Å². The molecule has 0 aliphatic carbocycles. The number of amides is 1. The highest BCUT2D eigenvalue weighted by Crippen LogP contribution is 2.09. The third-order valence-corrected chi connectivity index (χ3v) is 4.75. The molecule has 152 valence electrons. The predicted octanol–water partition coefficient (Wildman–Crippen LogP) is 5.44. The number of hydrogen-bond acceptors (Lipinski definition) is 3. The van der Waals surface area contributed by atoms with Gasteiger partial charge in [-0.25, -0.2) is 0 Å². The van der Waals surface area contributed by atoms with Gasteiger partial charge in [0.1, 0.15) is 0 Å². The summed E-state index contributed by atoms with van der Waals surface area (Å²) in [6.07, 6.45) is 12.4. The summed E-state index contributed by atoms with van der Waals surface area (Å²) >= 11 is 0. The van der Waals surface area contributed by atoms with E-state index in [2.05, 4.69) is 19.2 Å². The lowest BCUT2D eigenvalue weighted by atomic mass is 10.1. The van der Waals surface area contributed by atoms with E-state index in [9.17, 15) is 9.59 Å².